The van der Waals surface area contributed by atoms with Crippen LogP contribution in [0.3, 0.4) is 0 Å². The van der Waals surface area contributed by atoms with Gasteiger partial charge < -0.3 is 5.32 Å². The lowest BCUT2D eigenvalue weighted by Crippen LogP contribution is -2.26. The summed E-state index contributed by atoms with van der Waals surface area (Å²) in [5.41, 5.74) is 1.46. The van der Waals surface area contributed by atoms with Gasteiger partial charge in [-0.1, -0.05) is 28.1 Å². The Morgan fingerprint density at radius 3 is 2.26 bits per heavy atom. The van der Waals surface area contributed by atoms with Crippen molar-refractivity contribution in [3.05, 3.63) is 69.9 Å². The zero-order chi connectivity index (χ0) is 13.8. The fourth-order valence-electron chi connectivity index (χ4n) is 1.72. The molecule has 1 N–H and O–H groups in total. The third-order valence-electron chi connectivity index (χ3n) is 2.82. The summed E-state index contributed by atoms with van der Waals surface area (Å²) in [4.78, 5) is 12.0. The van der Waals surface area contributed by atoms with Crippen LogP contribution in [0.1, 0.15) is 28.9 Å². The Hall–Kier alpha value is -1.68. The molecule has 2 nitrogen and oxygen atoms in total. The Morgan fingerprint density at radius 2 is 1.68 bits per heavy atom. The fraction of sp³-hybridized carbons (Fsp3) is 0.133. The van der Waals surface area contributed by atoms with E-state index in [1.54, 1.807) is 0 Å². The molecule has 1 unspecified atom stereocenters. The molecule has 98 valence electrons. The molecule has 0 aliphatic rings. The highest BCUT2D eigenvalue weighted by Crippen LogP contribution is 2.17. The summed E-state index contributed by atoms with van der Waals surface area (Å²) in [5, 5.41) is 2.87. The van der Waals surface area contributed by atoms with Crippen LogP contribution in [0.25, 0.3) is 0 Å². The minimum atomic E-state index is -0.350. The maximum atomic E-state index is 12.8. The maximum absolute atomic E-state index is 12.8. The quantitative estimate of drug-likeness (QED) is 0.906. The molecule has 0 heterocycles. The van der Waals surface area contributed by atoms with Crippen molar-refractivity contribution in [1.82, 2.24) is 5.32 Å². The van der Waals surface area contributed by atoms with Crippen LogP contribution in [0.5, 0.6) is 0 Å². The number of carbonyl (C=O) groups excluding carboxylic acids is 1. The molecule has 1 atom stereocenters. The van der Waals surface area contributed by atoms with Gasteiger partial charge in [0.15, 0.2) is 0 Å². The summed E-state index contributed by atoms with van der Waals surface area (Å²) in [5.74, 6) is -0.562. The van der Waals surface area contributed by atoms with E-state index in [0.29, 0.717) is 5.56 Å². The van der Waals surface area contributed by atoms with Gasteiger partial charge in [-0.05, 0) is 48.9 Å². The van der Waals surface area contributed by atoms with Crippen LogP contribution >= 0.6 is 15.9 Å². The Balaban J connectivity index is 2.06. The van der Waals surface area contributed by atoms with E-state index in [1.807, 2.05) is 31.2 Å². The van der Waals surface area contributed by atoms with Crippen LogP contribution < -0.4 is 5.32 Å². The van der Waals surface area contributed by atoms with Gasteiger partial charge in [-0.2, -0.15) is 0 Å². The van der Waals surface area contributed by atoms with Gasteiger partial charge in [0.1, 0.15) is 5.82 Å². The van der Waals surface area contributed by atoms with Gasteiger partial charge in [0.2, 0.25) is 0 Å². The monoisotopic (exact) mass is 321 g/mol. The van der Waals surface area contributed by atoms with Crippen LogP contribution in [0.2, 0.25) is 0 Å². The highest BCUT2D eigenvalue weighted by atomic mass is 79.9. The molecular formula is C15H13BrFNO. The third-order valence-corrected chi connectivity index (χ3v) is 3.35. The van der Waals surface area contributed by atoms with E-state index >= 15 is 0 Å². The van der Waals surface area contributed by atoms with Crippen molar-refractivity contribution in [2.24, 2.45) is 0 Å². The molecule has 0 aromatic heterocycles. The summed E-state index contributed by atoms with van der Waals surface area (Å²) in [6.45, 7) is 1.91. The van der Waals surface area contributed by atoms with Crippen molar-refractivity contribution in [3.63, 3.8) is 0 Å². The lowest BCUT2D eigenvalue weighted by Gasteiger charge is -2.14. The first kappa shape index (κ1) is 13.7. The number of carbonyl (C=O) groups is 1. The first-order valence-corrected chi connectivity index (χ1v) is 6.67. The zero-order valence-corrected chi connectivity index (χ0v) is 11.9. The first-order chi connectivity index (χ1) is 9.06. The molecule has 0 saturated carbocycles. The van der Waals surface area contributed by atoms with Crippen molar-refractivity contribution in [1.29, 1.82) is 0 Å². The molecule has 0 bridgehead atoms. The van der Waals surface area contributed by atoms with Gasteiger partial charge in [0, 0.05) is 10.0 Å². The average Bonchev–Trinajstić information content (AvgIpc) is 2.40. The van der Waals surface area contributed by atoms with E-state index in [9.17, 15) is 9.18 Å². The number of halogens is 2. The van der Waals surface area contributed by atoms with E-state index in [2.05, 4.69) is 21.2 Å². The molecular weight excluding hydrogens is 309 g/mol. The van der Waals surface area contributed by atoms with Gasteiger partial charge in [-0.15, -0.1) is 0 Å². The number of amides is 1. The Labute approximate surface area is 119 Å². The SMILES string of the molecule is CC(NC(=O)c1ccc(F)cc1)c1ccc(Br)cc1. The van der Waals surface area contributed by atoms with Crippen molar-refractivity contribution >= 4 is 21.8 Å². The molecule has 0 fully saturated rings. The van der Waals surface area contributed by atoms with Gasteiger partial charge >= 0.3 is 0 Å². The molecule has 4 heteroatoms. The molecule has 1 amide bonds. The lowest BCUT2D eigenvalue weighted by atomic mass is 10.1. The fourth-order valence-corrected chi connectivity index (χ4v) is 1.98. The minimum absolute atomic E-state index is 0.106. The van der Waals surface area contributed by atoms with Crippen LogP contribution in [-0.4, -0.2) is 5.91 Å². The molecule has 0 aliphatic heterocycles. The molecule has 0 saturated heterocycles. The standard InChI is InChI=1S/C15H13BrFNO/c1-10(11-2-6-13(16)7-3-11)18-15(19)12-4-8-14(17)9-5-12/h2-10H,1H3,(H,18,19). The lowest BCUT2D eigenvalue weighted by molar-refractivity contribution is 0.0940. The molecule has 0 aliphatic carbocycles. The average molecular weight is 322 g/mol. The van der Waals surface area contributed by atoms with Crippen LogP contribution in [-0.2, 0) is 0 Å². The number of nitrogens with one attached hydrogen (secondary N) is 1. The van der Waals surface area contributed by atoms with Crippen molar-refractivity contribution in [2.75, 3.05) is 0 Å². The van der Waals surface area contributed by atoms with Gasteiger partial charge in [-0.25, -0.2) is 4.39 Å². The number of hydrogen-bond donors (Lipinski definition) is 1. The topological polar surface area (TPSA) is 29.1 Å². The van der Waals surface area contributed by atoms with Crippen LogP contribution in [0.4, 0.5) is 4.39 Å². The van der Waals surface area contributed by atoms with Gasteiger partial charge in [-0.3, -0.25) is 4.79 Å². The Kier molecular flexibility index (Phi) is 4.32. The van der Waals surface area contributed by atoms with Crippen molar-refractivity contribution in [3.8, 4) is 0 Å². The van der Waals surface area contributed by atoms with Gasteiger partial charge in [0.25, 0.3) is 5.91 Å². The smallest absolute Gasteiger partial charge is 0.251 e. The number of hydrogen-bond acceptors (Lipinski definition) is 1. The van der Waals surface area contributed by atoms with E-state index in [4.69, 9.17) is 0 Å². The highest BCUT2D eigenvalue weighted by molar-refractivity contribution is 9.10. The maximum Gasteiger partial charge on any atom is 0.251 e. The third kappa shape index (κ3) is 3.64. The van der Waals surface area contributed by atoms with Crippen LogP contribution in [0.15, 0.2) is 53.0 Å². The number of benzene rings is 2. The molecule has 2 aromatic carbocycles. The van der Waals surface area contributed by atoms with E-state index in [-0.39, 0.29) is 17.8 Å². The predicted molar refractivity (Wildman–Crippen MR) is 76.4 cm³/mol. The van der Waals surface area contributed by atoms with E-state index in [0.717, 1.165) is 10.0 Å². The second kappa shape index (κ2) is 5.97. The van der Waals surface area contributed by atoms with E-state index in [1.165, 1.54) is 24.3 Å². The van der Waals surface area contributed by atoms with Crippen molar-refractivity contribution < 1.29 is 9.18 Å². The summed E-state index contributed by atoms with van der Waals surface area (Å²) in [6, 6.07) is 13.1. The summed E-state index contributed by atoms with van der Waals surface area (Å²) in [6.07, 6.45) is 0. The second-order valence-electron chi connectivity index (χ2n) is 4.25. The Morgan fingerprint density at radius 1 is 1.11 bits per heavy atom. The Bertz CT molecular complexity index is 566. The zero-order valence-electron chi connectivity index (χ0n) is 10.4. The molecule has 19 heavy (non-hydrogen) atoms. The molecule has 0 spiro atoms. The van der Waals surface area contributed by atoms with Crippen LogP contribution in [0, 0.1) is 5.82 Å². The summed E-state index contributed by atoms with van der Waals surface area (Å²) >= 11 is 3.37. The van der Waals surface area contributed by atoms with Crippen molar-refractivity contribution in [2.45, 2.75) is 13.0 Å². The summed E-state index contributed by atoms with van der Waals surface area (Å²) in [7, 11) is 0. The predicted octanol–water partition coefficient (Wildman–Crippen LogP) is 4.08. The molecule has 2 aromatic rings. The second-order valence-corrected chi connectivity index (χ2v) is 5.17. The minimum Gasteiger partial charge on any atom is -0.346 e. The normalized spacial score (nSPS) is 11.9. The summed E-state index contributed by atoms with van der Waals surface area (Å²) < 4.78 is 13.8. The first-order valence-electron chi connectivity index (χ1n) is 5.88. The van der Waals surface area contributed by atoms with Gasteiger partial charge in [0.05, 0.1) is 6.04 Å². The molecule has 2 rings (SSSR count). The largest absolute Gasteiger partial charge is 0.346 e. The number of rotatable bonds is 3. The molecule has 0 radical (unpaired) electrons. The highest BCUT2D eigenvalue weighted by Gasteiger charge is 2.11. The van der Waals surface area contributed by atoms with E-state index < -0.39 is 0 Å².